The largest absolute Gasteiger partial charge is 0.0928 e. The number of alkyl halides is 2. The molecule has 0 saturated carbocycles. The third kappa shape index (κ3) is 6.43. The van der Waals surface area contributed by atoms with Crippen molar-refractivity contribution in [2.24, 2.45) is 0 Å². The van der Waals surface area contributed by atoms with E-state index in [4.69, 9.17) is 0 Å². The highest BCUT2D eigenvalue weighted by Crippen LogP contribution is 2.44. The molecule has 3 rings (SSSR count). The van der Waals surface area contributed by atoms with Gasteiger partial charge in [-0.1, -0.05) is 95.5 Å². The van der Waals surface area contributed by atoms with Crippen LogP contribution in [-0.2, 0) is 19.3 Å². The molecule has 1 aliphatic rings. The second-order valence-corrected chi connectivity index (χ2v) is 11.3. The molecule has 0 heterocycles. The van der Waals surface area contributed by atoms with E-state index in [0.29, 0.717) is 0 Å². The van der Waals surface area contributed by atoms with Crippen molar-refractivity contribution in [1.82, 2.24) is 0 Å². The Morgan fingerprint density at radius 2 is 1.34 bits per heavy atom. The predicted molar refractivity (Wildman–Crippen MR) is 142 cm³/mol. The van der Waals surface area contributed by atoms with Crippen LogP contribution in [0.25, 0.3) is 11.1 Å². The minimum absolute atomic E-state index is 1.07. The van der Waals surface area contributed by atoms with Crippen molar-refractivity contribution in [2.75, 3.05) is 10.7 Å². The van der Waals surface area contributed by atoms with Crippen LogP contribution in [0.15, 0.2) is 33.2 Å². The zero-order chi connectivity index (χ0) is 20.6. The summed E-state index contributed by atoms with van der Waals surface area (Å²) in [5.41, 5.74) is 9.04. The molecule has 0 radical (unpaired) electrons. The van der Waals surface area contributed by atoms with Crippen LogP contribution in [0.4, 0.5) is 0 Å². The number of rotatable bonds is 12. The quantitative estimate of drug-likeness (QED) is 0.135. The van der Waals surface area contributed by atoms with Crippen LogP contribution >= 0.6 is 63.7 Å². The lowest BCUT2D eigenvalue weighted by atomic mass is 9.92. The highest BCUT2D eigenvalue weighted by molar-refractivity contribution is 9.11. The van der Waals surface area contributed by atoms with E-state index in [1.54, 1.807) is 11.1 Å². The van der Waals surface area contributed by atoms with E-state index in [9.17, 15) is 0 Å². The van der Waals surface area contributed by atoms with E-state index in [2.05, 4.69) is 88.0 Å². The summed E-state index contributed by atoms with van der Waals surface area (Å²) in [5.74, 6) is 0. The highest BCUT2D eigenvalue weighted by Gasteiger charge is 2.24. The normalized spacial score (nSPS) is 12.3. The van der Waals surface area contributed by atoms with Crippen LogP contribution in [0.5, 0.6) is 0 Å². The third-order valence-electron chi connectivity index (χ3n) is 5.92. The van der Waals surface area contributed by atoms with Gasteiger partial charge in [0.05, 0.1) is 0 Å². The standard InChI is InChI=1S/C25H30Br4/c26-13-7-3-1-5-9-18-16-23-21-12-11-20(28)15-19(21)17-24(23)22(25(18)29)10-6-2-4-8-14-27/h11-12,15-16H,1-10,13-14,17H2. The molecule has 0 aliphatic heterocycles. The summed E-state index contributed by atoms with van der Waals surface area (Å²) in [6, 6.07) is 9.29. The number of benzene rings is 2. The smallest absolute Gasteiger partial charge is 0.0242 e. The van der Waals surface area contributed by atoms with Crippen molar-refractivity contribution >= 4 is 63.7 Å². The maximum atomic E-state index is 4.04. The first kappa shape index (κ1) is 24.0. The summed E-state index contributed by atoms with van der Waals surface area (Å²) >= 11 is 14.8. The van der Waals surface area contributed by atoms with Crippen LogP contribution in [0.3, 0.4) is 0 Å². The average molecular weight is 650 g/mol. The van der Waals surface area contributed by atoms with Crippen LogP contribution < -0.4 is 0 Å². The zero-order valence-corrected chi connectivity index (χ0v) is 23.4. The van der Waals surface area contributed by atoms with Crippen LogP contribution in [0, 0.1) is 0 Å². The molecule has 0 atom stereocenters. The summed E-state index contributed by atoms with van der Waals surface area (Å²) in [6.07, 6.45) is 13.9. The zero-order valence-electron chi connectivity index (χ0n) is 17.0. The number of aryl methyl sites for hydroxylation is 1. The molecule has 29 heavy (non-hydrogen) atoms. The summed E-state index contributed by atoms with van der Waals surface area (Å²) in [7, 11) is 0. The number of fused-ring (bicyclic) bond motifs is 3. The highest BCUT2D eigenvalue weighted by atomic mass is 79.9. The van der Waals surface area contributed by atoms with E-state index >= 15 is 0 Å². The Labute approximate surface area is 210 Å². The van der Waals surface area contributed by atoms with E-state index in [1.807, 2.05) is 0 Å². The second-order valence-electron chi connectivity index (χ2n) is 8.04. The van der Waals surface area contributed by atoms with Gasteiger partial charge in [-0.15, -0.1) is 0 Å². The molecule has 0 amide bonds. The summed E-state index contributed by atoms with van der Waals surface area (Å²) in [4.78, 5) is 0. The van der Waals surface area contributed by atoms with Crippen molar-refractivity contribution in [3.05, 3.63) is 55.5 Å². The van der Waals surface area contributed by atoms with Gasteiger partial charge in [-0.3, -0.25) is 0 Å². The Hall–Kier alpha value is 0.360. The monoisotopic (exact) mass is 646 g/mol. The molecular weight excluding hydrogens is 620 g/mol. The van der Waals surface area contributed by atoms with E-state index < -0.39 is 0 Å². The number of hydrogen-bond acceptors (Lipinski definition) is 0. The Morgan fingerprint density at radius 1 is 0.690 bits per heavy atom. The van der Waals surface area contributed by atoms with Gasteiger partial charge in [-0.25, -0.2) is 0 Å². The van der Waals surface area contributed by atoms with Gasteiger partial charge >= 0.3 is 0 Å². The molecule has 158 valence electrons. The maximum Gasteiger partial charge on any atom is 0.0242 e. The van der Waals surface area contributed by atoms with Gasteiger partial charge in [-0.2, -0.15) is 0 Å². The molecule has 2 aromatic carbocycles. The van der Waals surface area contributed by atoms with Gasteiger partial charge in [0.15, 0.2) is 0 Å². The molecule has 0 nitrogen and oxygen atoms in total. The Balaban J connectivity index is 1.83. The fraction of sp³-hybridized carbons (Fsp3) is 0.520. The lowest BCUT2D eigenvalue weighted by Gasteiger charge is -2.16. The minimum Gasteiger partial charge on any atom is -0.0928 e. The van der Waals surface area contributed by atoms with Crippen LogP contribution in [0.1, 0.15) is 73.6 Å². The molecule has 0 aromatic heterocycles. The van der Waals surface area contributed by atoms with Gasteiger partial charge in [-0.05, 0) is 96.5 Å². The number of halogens is 4. The van der Waals surface area contributed by atoms with Gasteiger partial charge in [0.1, 0.15) is 0 Å². The Morgan fingerprint density at radius 3 is 2.03 bits per heavy atom. The lowest BCUT2D eigenvalue weighted by molar-refractivity contribution is 0.662. The molecule has 0 N–H and O–H groups in total. The molecule has 1 aliphatic carbocycles. The summed E-state index contributed by atoms with van der Waals surface area (Å²) < 4.78 is 2.58. The van der Waals surface area contributed by atoms with Gasteiger partial charge in [0.25, 0.3) is 0 Å². The molecule has 0 bridgehead atoms. The fourth-order valence-corrected chi connectivity index (χ4v) is 6.33. The van der Waals surface area contributed by atoms with E-state index in [1.165, 1.54) is 95.4 Å². The topological polar surface area (TPSA) is 0 Å². The summed E-state index contributed by atoms with van der Waals surface area (Å²) in [5, 5.41) is 2.25. The molecule has 0 unspecified atom stereocenters. The number of hydrogen-bond donors (Lipinski definition) is 0. The molecule has 0 saturated heterocycles. The molecule has 4 heteroatoms. The van der Waals surface area contributed by atoms with Crippen molar-refractivity contribution in [3.8, 4) is 11.1 Å². The predicted octanol–water partition coefficient (Wildman–Crippen LogP) is 9.78. The lowest BCUT2D eigenvalue weighted by Crippen LogP contribution is -2.00. The summed E-state index contributed by atoms with van der Waals surface area (Å²) in [6.45, 7) is 0. The van der Waals surface area contributed by atoms with Crippen LogP contribution in [-0.4, -0.2) is 10.7 Å². The van der Waals surface area contributed by atoms with Gasteiger partial charge in [0.2, 0.25) is 0 Å². The minimum atomic E-state index is 1.07. The molecule has 2 aromatic rings. The van der Waals surface area contributed by atoms with Gasteiger partial charge in [0, 0.05) is 19.6 Å². The van der Waals surface area contributed by atoms with Crippen LogP contribution in [0.2, 0.25) is 0 Å². The number of unbranched alkanes of at least 4 members (excludes halogenated alkanes) is 6. The second kappa shape index (κ2) is 12.4. The van der Waals surface area contributed by atoms with Gasteiger partial charge < -0.3 is 0 Å². The molecular formula is C25H30Br4. The van der Waals surface area contributed by atoms with E-state index in [-0.39, 0.29) is 0 Å². The molecule has 0 fully saturated rings. The van der Waals surface area contributed by atoms with Crippen molar-refractivity contribution in [3.63, 3.8) is 0 Å². The van der Waals surface area contributed by atoms with Crippen molar-refractivity contribution < 1.29 is 0 Å². The Kier molecular flexibility index (Phi) is 10.3. The Bertz CT molecular complexity index is 813. The first-order valence-electron chi connectivity index (χ1n) is 10.9. The third-order valence-corrected chi connectivity index (χ3v) is 8.52. The van der Waals surface area contributed by atoms with Crippen molar-refractivity contribution in [1.29, 1.82) is 0 Å². The van der Waals surface area contributed by atoms with E-state index in [0.717, 1.165) is 17.1 Å². The average Bonchev–Trinajstić information content (AvgIpc) is 3.06. The van der Waals surface area contributed by atoms with Crippen molar-refractivity contribution in [2.45, 2.75) is 70.6 Å². The SMILES string of the molecule is BrCCCCCCc1cc2c(c(CCCCCCBr)c1Br)Cc1cc(Br)ccc1-2. The maximum absolute atomic E-state index is 4.04. The molecule has 0 spiro atoms. The first-order chi connectivity index (χ1) is 14.2. The first-order valence-corrected chi connectivity index (χ1v) is 14.7. The fourth-order valence-electron chi connectivity index (χ4n) is 4.37.